The van der Waals surface area contributed by atoms with Gasteiger partial charge in [0.1, 0.15) is 5.78 Å². The fourth-order valence-corrected chi connectivity index (χ4v) is 12.4. The molecule has 0 aliphatic heterocycles. The molecule has 0 spiro atoms. The maximum atomic E-state index is 13.6. The minimum Gasteiger partial charge on any atom is -0.412 e. The number of carbonyl (C=O) groups is 1. The largest absolute Gasteiger partial charge is 0.412 e. The summed E-state index contributed by atoms with van der Waals surface area (Å²) in [6.45, 7) is 26.9. The minimum absolute atomic E-state index is 0.0368. The zero-order valence-corrected chi connectivity index (χ0v) is 29.4. The van der Waals surface area contributed by atoms with Crippen LogP contribution in [-0.2, 0) is 9.22 Å². The molecule has 0 bridgehead atoms. The highest BCUT2D eigenvalue weighted by Crippen LogP contribution is 2.45. The van der Waals surface area contributed by atoms with Crippen LogP contribution in [0, 0.1) is 23.7 Å². The van der Waals surface area contributed by atoms with Crippen molar-refractivity contribution in [2.24, 2.45) is 23.7 Å². The summed E-state index contributed by atoms with van der Waals surface area (Å²) in [7, 11) is -2.08. The molecule has 0 aromatic carbocycles. The van der Waals surface area contributed by atoms with Crippen molar-refractivity contribution < 1.29 is 9.22 Å². The Kier molecular flexibility index (Phi) is 17.1. The standard InChI is InChI=1S/C30H54BrIO2Si/c1-13-24(10)30(34-35(20(3)4,21(5)6)22(7)8)26(12)29(33)25(11)19-27(31)17-15-16-23(9)18-28(32)14-2/h15,17-26,30H,13-14,16H2,1-12H3/b17-15+,27-19-,28-18-/t23-,24+,25-,26-,30-/m1/s1. The number of hydrogen-bond donors (Lipinski definition) is 0. The fraction of sp³-hybridized carbons (Fsp3) is 0.767. The van der Waals surface area contributed by atoms with Crippen molar-refractivity contribution in [3.63, 3.8) is 0 Å². The van der Waals surface area contributed by atoms with E-state index >= 15 is 0 Å². The molecule has 0 N–H and O–H groups in total. The molecule has 0 saturated heterocycles. The zero-order valence-electron chi connectivity index (χ0n) is 24.6. The van der Waals surface area contributed by atoms with Crippen LogP contribution in [0.25, 0.3) is 0 Å². The second kappa shape index (κ2) is 17.0. The highest BCUT2D eigenvalue weighted by atomic mass is 127. The maximum absolute atomic E-state index is 13.6. The second-order valence-electron chi connectivity index (χ2n) is 11.4. The Balaban J connectivity index is 5.68. The molecule has 0 heterocycles. The van der Waals surface area contributed by atoms with Gasteiger partial charge in [-0.2, -0.15) is 0 Å². The lowest BCUT2D eigenvalue weighted by Gasteiger charge is -2.47. The van der Waals surface area contributed by atoms with Gasteiger partial charge in [0.2, 0.25) is 8.32 Å². The van der Waals surface area contributed by atoms with Crippen LogP contribution in [0.3, 0.4) is 0 Å². The Bertz CT molecular complexity index is 704. The van der Waals surface area contributed by atoms with Gasteiger partial charge in [0.05, 0.1) is 6.10 Å². The summed E-state index contributed by atoms with van der Waals surface area (Å²) in [6, 6.07) is 0. The first kappa shape index (κ1) is 35.3. The quantitative estimate of drug-likeness (QED) is 0.0921. The van der Waals surface area contributed by atoms with E-state index in [-0.39, 0.29) is 23.7 Å². The summed E-state index contributed by atoms with van der Waals surface area (Å²) in [4.78, 5) is 13.6. The molecule has 5 atom stereocenters. The summed E-state index contributed by atoms with van der Waals surface area (Å²) in [5.41, 5.74) is 1.52. The van der Waals surface area contributed by atoms with E-state index in [0.717, 1.165) is 23.7 Å². The first-order valence-corrected chi connectivity index (χ1v) is 17.8. The van der Waals surface area contributed by atoms with Gasteiger partial charge in [0.25, 0.3) is 0 Å². The third-order valence-electron chi connectivity index (χ3n) is 7.64. The Labute approximate surface area is 241 Å². The normalized spacial score (nSPS) is 18.4. The lowest BCUT2D eigenvalue weighted by Crippen LogP contribution is -2.53. The van der Waals surface area contributed by atoms with E-state index in [1.807, 2.05) is 6.92 Å². The van der Waals surface area contributed by atoms with Crippen molar-refractivity contribution in [3.05, 3.63) is 32.4 Å². The average Bonchev–Trinajstić information content (AvgIpc) is 2.77. The molecule has 0 aliphatic carbocycles. The van der Waals surface area contributed by atoms with Crippen molar-refractivity contribution in [1.29, 1.82) is 0 Å². The number of Topliss-reactive ketones (excluding diaryl/α,β-unsaturated/α-hetero) is 1. The molecule has 0 saturated carbocycles. The second-order valence-corrected chi connectivity index (χ2v) is 19.1. The van der Waals surface area contributed by atoms with Crippen LogP contribution < -0.4 is 0 Å². The third-order valence-corrected chi connectivity index (χ3v) is 15.4. The first-order chi connectivity index (χ1) is 16.1. The molecule has 2 nitrogen and oxygen atoms in total. The molecule has 0 fully saturated rings. The van der Waals surface area contributed by atoms with E-state index in [1.165, 1.54) is 3.58 Å². The lowest BCUT2D eigenvalue weighted by atomic mass is 9.84. The number of halogens is 2. The third kappa shape index (κ3) is 10.9. The van der Waals surface area contributed by atoms with E-state index in [1.54, 1.807) is 0 Å². The van der Waals surface area contributed by atoms with Gasteiger partial charge in [-0.3, -0.25) is 4.79 Å². The van der Waals surface area contributed by atoms with Crippen molar-refractivity contribution >= 4 is 52.6 Å². The molecule has 0 rings (SSSR count). The van der Waals surface area contributed by atoms with E-state index < -0.39 is 8.32 Å². The van der Waals surface area contributed by atoms with Crippen LogP contribution in [0.4, 0.5) is 0 Å². The van der Waals surface area contributed by atoms with Crippen LogP contribution in [-0.4, -0.2) is 20.2 Å². The predicted molar refractivity (Wildman–Crippen MR) is 171 cm³/mol. The van der Waals surface area contributed by atoms with E-state index in [4.69, 9.17) is 4.43 Å². The summed E-state index contributed by atoms with van der Waals surface area (Å²) in [6.07, 6.45) is 11.7. The van der Waals surface area contributed by atoms with Gasteiger partial charge < -0.3 is 4.43 Å². The lowest BCUT2D eigenvalue weighted by molar-refractivity contribution is -0.128. The Morgan fingerprint density at radius 3 is 1.86 bits per heavy atom. The number of allylic oxidation sites excluding steroid dienone is 6. The average molecular weight is 682 g/mol. The maximum Gasteiger partial charge on any atom is 0.200 e. The number of rotatable bonds is 16. The van der Waals surface area contributed by atoms with Crippen molar-refractivity contribution in [3.8, 4) is 0 Å². The molecule has 0 aromatic heterocycles. The van der Waals surface area contributed by atoms with Gasteiger partial charge in [-0.05, 0) is 67.5 Å². The van der Waals surface area contributed by atoms with Crippen LogP contribution in [0.5, 0.6) is 0 Å². The minimum atomic E-state index is -2.08. The molecule has 0 aliphatic rings. The van der Waals surface area contributed by atoms with Crippen LogP contribution in [0.1, 0.15) is 102 Å². The fourth-order valence-electron chi connectivity index (χ4n) is 5.43. The first-order valence-electron chi connectivity index (χ1n) is 13.8. The zero-order chi connectivity index (χ0) is 27.5. The molecule has 0 aromatic rings. The van der Waals surface area contributed by atoms with Crippen molar-refractivity contribution in [2.75, 3.05) is 0 Å². The van der Waals surface area contributed by atoms with E-state index in [2.05, 4.69) is 139 Å². The van der Waals surface area contributed by atoms with Crippen molar-refractivity contribution in [1.82, 2.24) is 0 Å². The molecule has 35 heavy (non-hydrogen) atoms. The van der Waals surface area contributed by atoms with Gasteiger partial charge in [-0.25, -0.2) is 0 Å². The van der Waals surface area contributed by atoms with Gasteiger partial charge in [-0.15, -0.1) is 0 Å². The van der Waals surface area contributed by atoms with Gasteiger partial charge in [0.15, 0.2) is 0 Å². The van der Waals surface area contributed by atoms with E-state index in [9.17, 15) is 4.79 Å². The van der Waals surface area contributed by atoms with E-state index in [0.29, 0.717) is 28.5 Å². The van der Waals surface area contributed by atoms with Crippen LogP contribution in [0.2, 0.25) is 16.6 Å². The molecule has 5 heteroatoms. The van der Waals surface area contributed by atoms with Gasteiger partial charge in [-0.1, -0.05) is 130 Å². The summed E-state index contributed by atoms with van der Waals surface area (Å²) < 4.78 is 9.59. The van der Waals surface area contributed by atoms with Gasteiger partial charge in [0, 0.05) is 16.3 Å². The molecule has 0 unspecified atom stereocenters. The molecule has 204 valence electrons. The molecule has 0 amide bonds. The number of hydrogen-bond acceptors (Lipinski definition) is 2. The highest BCUT2D eigenvalue weighted by molar-refractivity contribution is 14.1. The Hall–Kier alpha value is 0.277. The smallest absolute Gasteiger partial charge is 0.200 e. The Morgan fingerprint density at radius 2 is 1.43 bits per heavy atom. The summed E-state index contributed by atoms with van der Waals surface area (Å²) >= 11 is 6.09. The number of ketones is 1. The SMILES string of the molecule is CC/C(I)=C/[C@H](C)C/C=C/C(Br)=C/[C@@H](C)C(=O)[C@@H](C)[C@H](O[Si](C(C)C)(C(C)C)C(C)C)[C@@H](C)CC. The van der Waals surface area contributed by atoms with Crippen LogP contribution >= 0.6 is 38.5 Å². The van der Waals surface area contributed by atoms with Crippen LogP contribution in [0.15, 0.2) is 32.4 Å². The Morgan fingerprint density at radius 1 is 0.914 bits per heavy atom. The topological polar surface area (TPSA) is 26.3 Å². The summed E-state index contributed by atoms with van der Waals surface area (Å²) in [5, 5.41) is 0. The van der Waals surface area contributed by atoms with Gasteiger partial charge >= 0.3 is 0 Å². The monoisotopic (exact) mass is 680 g/mol. The molecule has 0 radical (unpaired) electrons. The van der Waals surface area contributed by atoms with Crippen molar-refractivity contribution in [2.45, 2.75) is 125 Å². The highest BCUT2D eigenvalue weighted by Gasteiger charge is 2.48. The molecular weight excluding hydrogens is 627 g/mol. The molecular formula is C30H54BrIO2Si. The number of carbonyl (C=O) groups excluding carboxylic acids is 1. The predicted octanol–water partition coefficient (Wildman–Crippen LogP) is 11.0. The summed E-state index contributed by atoms with van der Waals surface area (Å²) in [5.74, 6) is 0.833.